The van der Waals surface area contributed by atoms with E-state index in [0.29, 0.717) is 0 Å². The molecule has 0 saturated heterocycles. The van der Waals surface area contributed by atoms with E-state index in [-0.39, 0.29) is 12.1 Å². The molecule has 0 rings (SSSR count). The van der Waals surface area contributed by atoms with Crippen LogP contribution in [0.15, 0.2) is 12.7 Å². The fraction of sp³-hybridized carbons (Fsp3) is 0.625. The van der Waals surface area contributed by atoms with Crippen LogP contribution >= 0.6 is 11.8 Å². The van der Waals surface area contributed by atoms with Crippen LogP contribution in [0.1, 0.15) is 13.8 Å². The van der Waals surface area contributed by atoms with E-state index in [1.807, 2.05) is 6.92 Å². The molecule has 0 bridgehead atoms. The van der Waals surface area contributed by atoms with Crippen molar-refractivity contribution in [2.24, 2.45) is 0 Å². The molecule has 0 amide bonds. The summed E-state index contributed by atoms with van der Waals surface area (Å²) < 4.78 is 4.92. The van der Waals surface area contributed by atoms with Crippen LogP contribution < -0.4 is 0 Å². The highest BCUT2D eigenvalue weighted by atomic mass is 32.2. The average Bonchev–Trinajstić information content (AvgIpc) is 2.00. The summed E-state index contributed by atoms with van der Waals surface area (Å²) >= 11 is 1.76. The van der Waals surface area contributed by atoms with Gasteiger partial charge in [-0.25, -0.2) is 4.79 Å². The monoisotopic (exact) mass is 174 g/mol. The Labute approximate surface area is 72.0 Å². The summed E-state index contributed by atoms with van der Waals surface area (Å²) in [7, 11) is 0. The molecule has 0 aromatic heterocycles. The SMILES string of the molecule is C=CC(=O)OC(C)CSCC. The molecule has 0 aliphatic heterocycles. The van der Waals surface area contributed by atoms with E-state index in [1.165, 1.54) is 6.08 Å². The molecule has 2 nitrogen and oxygen atoms in total. The lowest BCUT2D eigenvalue weighted by molar-refractivity contribution is -0.141. The second kappa shape index (κ2) is 6.28. The van der Waals surface area contributed by atoms with Gasteiger partial charge in [0.15, 0.2) is 0 Å². The molecule has 0 aliphatic rings. The number of ether oxygens (including phenoxy) is 1. The molecule has 64 valence electrons. The maximum absolute atomic E-state index is 10.6. The maximum atomic E-state index is 10.6. The second-order valence-electron chi connectivity index (χ2n) is 2.11. The van der Waals surface area contributed by atoms with Crippen LogP contribution in [0.25, 0.3) is 0 Å². The lowest BCUT2D eigenvalue weighted by Gasteiger charge is -2.09. The number of hydrogen-bond donors (Lipinski definition) is 0. The number of thioether (sulfide) groups is 1. The molecule has 0 aromatic carbocycles. The fourth-order valence-corrected chi connectivity index (χ4v) is 1.20. The number of carbonyl (C=O) groups excluding carboxylic acids is 1. The summed E-state index contributed by atoms with van der Waals surface area (Å²) in [6.45, 7) is 7.27. The highest BCUT2D eigenvalue weighted by Crippen LogP contribution is 2.04. The van der Waals surface area contributed by atoms with E-state index in [0.717, 1.165) is 11.5 Å². The van der Waals surface area contributed by atoms with Crippen LogP contribution in [0, 0.1) is 0 Å². The highest BCUT2D eigenvalue weighted by Gasteiger charge is 2.04. The molecule has 1 unspecified atom stereocenters. The lowest BCUT2D eigenvalue weighted by atomic mass is 10.5. The molecule has 0 N–H and O–H groups in total. The zero-order valence-electron chi connectivity index (χ0n) is 7.00. The van der Waals surface area contributed by atoms with E-state index in [2.05, 4.69) is 13.5 Å². The Morgan fingerprint density at radius 2 is 2.45 bits per heavy atom. The van der Waals surface area contributed by atoms with Crippen molar-refractivity contribution in [1.29, 1.82) is 0 Å². The first kappa shape index (κ1) is 10.6. The molecule has 0 fully saturated rings. The lowest BCUT2D eigenvalue weighted by Crippen LogP contribution is -2.15. The van der Waals surface area contributed by atoms with Crippen molar-refractivity contribution in [2.75, 3.05) is 11.5 Å². The van der Waals surface area contributed by atoms with E-state index in [9.17, 15) is 4.79 Å². The van der Waals surface area contributed by atoms with E-state index in [4.69, 9.17) is 4.74 Å². The van der Waals surface area contributed by atoms with Gasteiger partial charge in [0.1, 0.15) is 6.10 Å². The highest BCUT2D eigenvalue weighted by molar-refractivity contribution is 7.99. The Morgan fingerprint density at radius 3 is 2.91 bits per heavy atom. The van der Waals surface area contributed by atoms with Gasteiger partial charge in [-0.05, 0) is 12.7 Å². The summed E-state index contributed by atoms with van der Waals surface area (Å²) in [6, 6.07) is 0. The van der Waals surface area contributed by atoms with Gasteiger partial charge in [0, 0.05) is 11.8 Å². The fourth-order valence-electron chi connectivity index (χ4n) is 0.564. The van der Waals surface area contributed by atoms with Crippen LogP contribution in [-0.2, 0) is 9.53 Å². The Bertz CT molecular complexity index is 134. The van der Waals surface area contributed by atoms with Gasteiger partial charge in [-0.1, -0.05) is 13.5 Å². The van der Waals surface area contributed by atoms with Crippen molar-refractivity contribution >= 4 is 17.7 Å². The van der Waals surface area contributed by atoms with Gasteiger partial charge in [0.25, 0.3) is 0 Å². The summed E-state index contributed by atoms with van der Waals surface area (Å²) in [5, 5.41) is 0. The maximum Gasteiger partial charge on any atom is 0.330 e. The third-order valence-electron chi connectivity index (χ3n) is 1.04. The van der Waals surface area contributed by atoms with E-state index >= 15 is 0 Å². The van der Waals surface area contributed by atoms with E-state index < -0.39 is 0 Å². The summed E-state index contributed by atoms with van der Waals surface area (Å²) in [5.74, 6) is 1.57. The quantitative estimate of drug-likeness (QED) is 0.470. The Hall–Kier alpha value is -0.440. The normalized spacial score (nSPS) is 12.2. The van der Waals surface area contributed by atoms with Crippen molar-refractivity contribution < 1.29 is 9.53 Å². The summed E-state index contributed by atoms with van der Waals surface area (Å²) in [4.78, 5) is 10.6. The molecule has 0 heterocycles. The van der Waals surface area contributed by atoms with Gasteiger partial charge in [0.2, 0.25) is 0 Å². The first-order chi connectivity index (χ1) is 5.20. The number of rotatable bonds is 5. The second-order valence-corrected chi connectivity index (χ2v) is 3.43. The van der Waals surface area contributed by atoms with Crippen molar-refractivity contribution in [3.63, 3.8) is 0 Å². The van der Waals surface area contributed by atoms with E-state index in [1.54, 1.807) is 11.8 Å². The van der Waals surface area contributed by atoms with Gasteiger partial charge in [-0.2, -0.15) is 11.8 Å². The molecule has 1 atom stereocenters. The first-order valence-corrected chi connectivity index (χ1v) is 4.77. The van der Waals surface area contributed by atoms with Crippen molar-refractivity contribution in [3.05, 3.63) is 12.7 Å². The number of esters is 1. The molecule has 3 heteroatoms. The van der Waals surface area contributed by atoms with Gasteiger partial charge in [0.05, 0.1) is 0 Å². The third-order valence-corrected chi connectivity index (χ3v) is 2.15. The minimum absolute atomic E-state index is 0.00884. The minimum Gasteiger partial charge on any atom is -0.459 e. The topological polar surface area (TPSA) is 26.3 Å². The van der Waals surface area contributed by atoms with Gasteiger partial charge in [-0.3, -0.25) is 0 Å². The van der Waals surface area contributed by atoms with Crippen molar-refractivity contribution in [3.8, 4) is 0 Å². The molecular formula is C8H14O2S. The number of carbonyl (C=O) groups is 1. The smallest absolute Gasteiger partial charge is 0.330 e. The Balaban J connectivity index is 3.43. The van der Waals surface area contributed by atoms with Gasteiger partial charge < -0.3 is 4.74 Å². The first-order valence-electron chi connectivity index (χ1n) is 3.61. The predicted octanol–water partition coefficient (Wildman–Crippen LogP) is 1.86. The third kappa shape index (κ3) is 5.98. The zero-order chi connectivity index (χ0) is 8.69. The van der Waals surface area contributed by atoms with Gasteiger partial charge >= 0.3 is 5.97 Å². The number of hydrogen-bond acceptors (Lipinski definition) is 3. The Kier molecular flexibility index (Phi) is 6.03. The minimum atomic E-state index is -0.339. The molecule has 0 saturated carbocycles. The summed E-state index contributed by atoms with van der Waals surface area (Å²) in [6.07, 6.45) is 1.18. The molecule has 0 radical (unpaired) electrons. The van der Waals surface area contributed by atoms with Crippen molar-refractivity contribution in [1.82, 2.24) is 0 Å². The molecule has 11 heavy (non-hydrogen) atoms. The van der Waals surface area contributed by atoms with Crippen LogP contribution in [0.5, 0.6) is 0 Å². The molecule has 0 aromatic rings. The standard InChI is InChI=1S/C8H14O2S/c1-4-8(9)10-7(3)6-11-5-2/h4,7H,1,5-6H2,2-3H3. The Morgan fingerprint density at radius 1 is 1.82 bits per heavy atom. The molecule has 0 aliphatic carbocycles. The molecular weight excluding hydrogens is 160 g/mol. The van der Waals surface area contributed by atoms with Crippen LogP contribution in [0.2, 0.25) is 0 Å². The van der Waals surface area contributed by atoms with Crippen LogP contribution in [0.3, 0.4) is 0 Å². The van der Waals surface area contributed by atoms with Crippen LogP contribution in [0.4, 0.5) is 0 Å². The zero-order valence-corrected chi connectivity index (χ0v) is 7.82. The average molecular weight is 174 g/mol. The van der Waals surface area contributed by atoms with Crippen molar-refractivity contribution in [2.45, 2.75) is 20.0 Å². The largest absolute Gasteiger partial charge is 0.459 e. The van der Waals surface area contributed by atoms with Crippen LogP contribution in [-0.4, -0.2) is 23.6 Å². The van der Waals surface area contributed by atoms with Gasteiger partial charge in [-0.15, -0.1) is 0 Å². The summed E-state index contributed by atoms with van der Waals surface area (Å²) in [5.41, 5.74) is 0. The molecule has 0 spiro atoms. The predicted molar refractivity (Wildman–Crippen MR) is 48.8 cm³/mol.